The lowest BCUT2D eigenvalue weighted by Crippen LogP contribution is -2.17. The molecule has 0 spiro atoms. The third-order valence-electron chi connectivity index (χ3n) is 3.06. The van der Waals surface area contributed by atoms with E-state index in [0.29, 0.717) is 6.07 Å². The van der Waals surface area contributed by atoms with Gasteiger partial charge in [0.25, 0.3) is 0 Å². The maximum atomic E-state index is 13.2. The summed E-state index contributed by atoms with van der Waals surface area (Å²) in [7, 11) is 2.02. The Hall–Kier alpha value is -2.77. The van der Waals surface area contributed by atoms with E-state index in [1.54, 1.807) is 0 Å². The van der Waals surface area contributed by atoms with Crippen molar-refractivity contribution in [3.05, 3.63) is 47.2 Å². The van der Waals surface area contributed by atoms with Gasteiger partial charge in [0.2, 0.25) is 0 Å². The van der Waals surface area contributed by atoms with E-state index < -0.39 is 29.2 Å². The monoisotopic (exact) mass is 328 g/mol. The van der Waals surface area contributed by atoms with Crippen LogP contribution in [0.2, 0.25) is 0 Å². The number of rotatable bonds is 3. The second-order valence-electron chi connectivity index (χ2n) is 4.40. The van der Waals surface area contributed by atoms with Gasteiger partial charge in [-0.15, -0.1) is 0 Å². The summed E-state index contributed by atoms with van der Waals surface area (Å²) in [4.78, 5) is 23.5. The zero-order valence-electron chi connectivity index (χ0n) is 12.1. The van der Waals surface area contributed by atoms with Crippen molar-refractivity contribution in [3.63, 3.8) is 0 Å². The Morgan fingerprint density at radius 2 is 1.65 bits per heavy atom. The standard InChI is InChI=1S/C15H11F3O5/c1-21-13(19)9-6-10(14(20)22-2)11(15(16,17)18)7-8(9)12-4-3-5-23-12/h3-7H,1-2H3. The maximum absolute atomic E-state index is 13.2. The van der Waals surface area contributed by atoms with Crippen LogP contribution in [0.1, 0.15) is 26.3 Å². The van der Waals surface area contributed by atoms with Gasteiger partial charge in [-0.3, -0.25) is 0 Å². The molecule has 0 aliphatic heterocycles. The number of carbonyl (C=O) groups is 2. The van der Waals surface area contributed by atoms with E-state index in [0.717, 1.165) is 20.3 Å². The molecule has 0 aliphatic carbocycles. The lowest BCUT2D eigenvalue weighted by Gasteiger charge is -2.15. The smallest absolute Gasteiger partial charge is 0.417 e. The summed E-state index contributed by atoms with van der Waals surface area (Å²) in [5, 5.41) is 0. The number of halogens is 3. The molecule has 5 nitrogen and oxygen atoms in total. The fourth-order valence-corrected chi connectivity index (χ4v) is 2.03. The van der Waals surface area contributed by atoms with E-state index >= 15 is 0 Å². The zero-order chi connectivity index (χ0) is 17.2. The quantitative estimate of drug-likeness (QED) is 0.806. The topological polar surface area (TPSA) is 65.7 Å². The minimum Gasteiger partial charge on any atom is -0.465 e. The summed E-state index contributed by atoms with van der Waals surface area (Å²) in [5.74, 6) is -2.09. The number of hydrogen-bond donors (Lipinski definition) is 0. The van der Waals surface area contributed by atoms with Gasteiger partial charge in [0, 0.05) is 5.56 Å². The summed E-state index contributed by atoms with van der Waals surface area (Å²) in [6.45, 7) is 0. The van der Waals surface area contributed by atoms with E-state index in [2.05, 4.69) is 9.47 Å². The van der Waals surface area contributed by atoms with Crippen LogP contribution < -0.4 is 0 Å². The molecule has 0 radical (unpaired) electrons. The number of benzene rings is 1. The molecule has 0 saturated carbocycles. The maximum Gasteiger partial charge on any atom is 0.417 e. The second-order valence-corrected chi connectivity index (χ2v) is 4.40. The number of furan rings is 1. The molecule has 0 fully saturated rings. The van der Waals surface area contributed by atoms with Crippen molar-refractivity contribution in [1.29, 1.82) is 0 Å². The molecule has 0 unspecified atom stereocenters. The van der Waals surface area contributed by atoms with Crippen LogP contribution in [0, 0.1) is 0 Å². The van der Waals surface area contributed by atoms with Gasteiger partial charge >= 0.3 is 18.1 Å². The fraction of sp³-hybridized carbons (Fsp3) is 0.200. The number of hydrogen-bond acceptors (Lipinski definition) is 5. The molecule has 122 valence electrons. The third-order valence-corrected chi connectivity index (χ3v) is 3.06. The van der Waals surface area contributed by atoms with E-state index in [1.165, 1.54) is 18.4 Å². The summed E-state index contributed by atoms with van der Waals surface area (Å²) >= 11 is 0. The fourth-order valence-electron chi connectivity index (χ4n) is 2.03. The molecule has 2 aromatic rings. The van der Waals surface area contributed by atoms with Crippen molar-refractivity contribution in [2.45, 2.75) is 6.18 Å². The van der Waals surface area contributed by atoms with Crippen molar-refractivity contribution in [2.24, 2.45) is 0 Å². The van der Waals surface area contributed by atoms with Crippen LogP contribution in [-0.2, 0) is 15.7 Å². The molecular weight excluding hydrogens is 317 g/mol. The first-order valence-electron chi connectivity index (χ1n) is 6.25. The van der Waals surface area contributed by atoms with Crippen LogP contribution in [0.3, 0.4) is 0 Å². The average Bonchev–Trinajstić information content (AvgIpc) is 3.05. The van der Waals surface area contributed by atoms with Gasteiger partial charge in [-0.2, -0.15) is 13.2 Å². The largest absolute Gasteiger partial charge is 0.465 e. The first kappa shape index (κ1) is 16.6. The SMILES string of the molecule is COC(=O)c1cc(C(=O)OC)c(C(F)(F)F)cc1-c1ccco1. The predicted molar refractivity (Wildman–Crippen MR) is 71.8 cm³/mol. The van der Waals surface area contributed by atoms with Crippen molar-refractivity contribution in [2.75, 3.05) is 14.2 Å². The van der Waals surface area contributed by atoms with Crippen LogP contribution in [0.25, 0.3) is 11.3 Å². The molecule has 0 atom stereocenters. The highest BCUT2D eigenvalue weighted by atomic mass is 19.4. The molecule has 1 aromatic carbocycles. The van der Waals surface area contributed by atoms with Crippen LogP contribution >= 0.6 is 0 Å². The molecule has 2 rings (SSSR count). The van der Waals surface area contributed by atoms with Crippen LogP contribution in [0.5, 0.6) is 0 Å². The molecule has 1 aromatic heterocycles. The minimum absolute atomic E-state index is 0.0346. The Morgan fingerprint density at radius 1 is 1.04 bits per heavy atom. The molecule has 1 heterocycles. The Kier molecular flexibility index (Phi) is 4.44. The zero-order valence-corrected chi connectivity index (χ0v) is 12.1. The lowest BCUT2D eigenvalue weighted by molar-refractivity contribution is -0.138. The molecule has 0 saturated heterocycles. The molecule has 0 aliphatic rings. The first-order valence-corrected chi connectivity index (χ1v) is 6.25. The number of methoxy groups -OCH3 is 2. The lowest BCUT2D eigenvalue weighted by atomic mass is 9.96. The number of carbonyl (C=O) groups excluding carboxylic acids is 2. The van der Waals surface area contributed by atoms with Gasteiger partial charge in [-0.25, -0.2) is 9.59 Å². The highest BCUT2D eigenvalue weighted by Gasteiger charge is 2.37. The third kappa shape index (κ3) is 3.20. The van der Waals surface area contributed by atoms with Gasteiger partial charge in [0.15, 0.2) is 0 Å². The minimum atomic E-state index is -4.82. The summed E-state index contributed by atoms with van der Waals surface area (Å²) in [5.41, 5.74) is -2.39. The van der Waals surface area contributed by atoms with E-state index in [9.17, 15) is 22.8 Å². The van der Waals surface area contributed by atoms with Gasteiger partial charge in [-0.1, -0.05) is 0 Å². The number of esters is 2. The van der Waals surface area contributed by atoms with Crippen molar-refractivity contribution in [3.8, 4) is 11.3 Å². The molecule has 0 bridgehead atoms. The first-order chi connectivity index (χ1) is 10.8. The molecule has 0 amide bonds. The van der Waals surface area contributed by atoms with Gasteiger partial charge in [0.1, 0.15) is 5.76 Å². The van der Waals surface area contributed by atoms with Crippen LogP contribution in [0.4, 0.5) is 13.2 Å². The highest BCUT2D eigenvalue weighted by molar-refractivity contribution is 6.01. The Bertz CT molecular complexity index is 732. The Morgan fingerprint density at radius 3 is 2.13 bits per heavy atom. The average molecular weight is 328 g/mol. The van der Waals surface area contributed by atoms with E-state index in [4.69, 9.17) is 4.42 Å². The summed E-state index contributed by atoms with van der Waals surface area (Å²) in [6, 6.07) is 4.30. The van der Waals surface area contributed by atoms with Crippen LogP contribution in [-0.4, -0.2) is 26.2 Å². The predicted octanol–water partition coefficient (Wildman–Crippen LogP) is 3.54. The highest BCUT2D eigenvalue weighted by Crippen LogP contribution is 2.37. The second kappa shape index (κ2) is 6.15. The molecule has 0 N–H and O–H groups in total. The van der Waals surface area contributed by atoms with Crippen molar-refractivity contribution >= 4 is 11.9 Å². The van der Waals surface area contributed by atoms with Gasteiger partial charge < -0.3 is 13.9 Å². The number of alkyl halides is 3. The normalized spacial score (nSPS) is 11.2. The van der Waals surface area contributed by atoms with Crippen molar-refractivity contribution in [1.82, 2.24) is 0 Å². The Labute approximate surface area is 128 Å². The van der Waals surface area contributed by atoms with Crippen LogP contribution in [0.15, 0.2) is 34.9 Å². The number of ether oxygens (including phenoxy) is 2. The Balaban J connectivity index is 2.80. The van der Waals surface area contributed by atoms with Crippen molar-refractivity contribution < 1.29 is 36.7 Å². The van der Waals surface area contributed by atoms with Gasteiger partial charge in [0.05, 0.1) is 37.2 Å². The van der Waals surface area contributed by atoms with E-state index in [1.807, 2.05) is 0 Å². The van der Waals surface area contributed by atoms with E-state index in [-0.39, 0.29) is 16.9 Å². The summed E-state index contributed by atoms with van der Waals surface area (Å²) < 4.78 is 53.6. The summed E-state index contributed by atoms with van der Waals surface area (Å²) in [6.07, 6.45) is -3.57. The van der Waals surface area contributed by atoms with Gasteiger partial charge in [-0.05, 0) is 24.3 Å². The molecule has 8 heteroatoms. The molecule has 23 heavy (non-hydrogen) atoms. The molecular formula is C15H11F3O5.